The van der Waals surface area contributed by atoms with Crippen molar-refractivity contribution < 1.29 is 0 Å². The fraction of sp³-hybridized carbons (Fsp3) is 0.474. The molecule has 6 heteroatoms. The second-order valence-corrected chi connectivity index (χ2v) is 7.48. The van der Waals surface area contributed by atoms with E-state index in [4.69, 9.17) is 0 Å². The molecule has 2 aliphatic carbocycles. The second-order valence-electron chi connectivity index (χ2n) is 7.48. The molecule has 0 radical (unpaired) electrons. The first-order valence-electron chi connectivity index (χ1n) is 9.16. The SMILES string of the molecule is C[C@H](Nc1ncnc2c1cnn2-c1ccccn1)[C@@H]1C[C@H]2CC[C@H]1C2. The molecule has 3 aromatic rings. The van der Waals surface area contributed by atoms with Gasteiger partial charge in [0.05, 0.1) is 11.6 Å². The highest BCUT2D eigenvalue weighted by atomic mass is 15.3. The normalized spacial score (nSPS) is 26.2. The van der Waals surface area contributed by atoms with Crippen molar-refractivity contribution in [2.24, 2.45) is 17.8 Å². The Morgan fingerprint density at radius 1 is 1.16 bits per heavy atom. The summed E-state index contributed by atoms with van der Waals surface area (Å²) in [6.07, 6.45) is 10.8. The highest BCUT2D eigenvalue weighted by Crippen LogP contribution is 2.49. The van der Waals surface area contributed by atoms with E-state index in [1.165, 1.54) is 25.7 Å². The van der Waals surface area contributed by atoms with Gasteiger partial charge in [0, 0.05) is 12.2 Å². The Kier molecular flexibility index (Phi) is 3.43. The summed E-state index contributed by atoms with van der Waals surface area (Å²) in [5.41, 5.74) is 0.788. The number of pyridine rings is 1. The van der Waals surface area contributed by atoms with Gasteiger partial charge in [0.25, 0.3) is 0 Å². The molecule has 2 saturated carbocycles. The molecule has 6 nitrogen and oxygen atoms in total. The molecule has 2 fully saturated rings. The van der Waals surface area contributed by atoms with Crippen LogP contribution in [0.5, 0.6) is 0 Å². The van der Waals surface area contributed by atoms with Gasteiger partial charge in [-0.15, -0.1) is 0 Å². The van der Waals surface area contributed by atoms with Crippen molar-refractivity contribution in [2.45, 2.75) is 38.6 Å². The predicted molar refractivity (Wildman–Crippen MR) is 96.5 cm³/mol. The van der Waals surface area contributed by atoms with Crippen molar-refractivity contribution in [1.29, 1.82) is 0 Å². The summed E-state index contributed by atoms with van der Waals surface area (Å²) in [6.45, 7) is 2.29. The molecular formula is C19H22N6. The first-order valence-corrected chi connectivity index (χ1v) is 9.16. The fourth-order valence-electron chi connectivity index (χ4n) is 4.83. The van der Waals surface area contributed by atoms with Crippen LogP contribution in [0.1, 0.15) is 32.6 Å². The monoisotopic (exact) mass is 334 g/mol. The van der Waals surface area contributed by atoms with E-state index in [2.05, 4.69) is 32.3 Å². The van der Waals surface area contributed by atoms with Crippen LogP contribution in [0, 0.1) is 17.8 Å². The molecule has 0 saturated heterocycles. The molecule has 0 unspecified atom stereocenters. The van der Waals surface area contributed by atoms with Crippen molar-refractivity contribution in [3.63, 3.8) is 0 Å². The Morgan fingerprint density at radius 2 is 2.12 bits per heavy atom. The predicted octanol–water partition coefficient (Wildman–Crippen LogP) is 3.45. The number of nitrogens with one attached hydrogen (secondary N) is 1. The fourth-order valence-corrected chi connectivity index (χ4v) is 4.83. The van der Waals surface area contributed by atoms with E-state index >= 15 is 0 Å². The van der Waals surface area contributed by atoms with Gasteiger partial charge in [0.1, 0.15) is 12.1 Å². The maximum absolute atomic E-state index is 4.49. The number of nitrogens with zero attached hydrogens (tertiary/aromatic N) is 5. The van der Waals surface area contributed by atoms with E-state index in [1.54, 1.807) is 17.2 Å². The minimum Gasteiger partial charge on any atom is -0.367 e. The van der Waals surface area contributed by atoms with Crippen molar-refractivity contribution >= 4 is 16.9 Å². The zero-order valence-electron chi connectivity index (χ0n) is 14.3. The zero-order valence-corrected chi connectivity index (χ0v) is 14.3. The van der Waals surface area contributed by atoms with Gasteiger partial charge in [-0.05, 0) is 56.1 Å². The smallest absolute Gasteiger partial charge is 0.170 e. The molecule has 2 aliphatic rings. The second kappa shape index (κ2) is 5.79. The van der Waals surface area contributed by atoms with Gasteiger partial charge >= 0.3 is 0 Å². The third-order valence-corrected chi connectivity index (χ3v) is 6.03. The van der Waals surface area contributed by atoms with Crippen LogP contribution in [0.2, 0.25) is 0 Å². The number of fused-ring (bicyclic) bond motifs is 3. The highest BCUT2D eigenvalue weighted by molar-refractivity contribution is 5.87. The quantitative estimate of drug-likeness (QED) is 0.791. The Morgan fingerprint density at radius 3 is 2.88 bits per heavy atom. The van der Waals surface area contributed by atoms with E-state index in [0.717, 1.165) is 40.4 Å². The van der Waals surface area contributed by atoms with Crippen LogP contribution in [-0.4, -0.2) is 30.8 Å². The van der Waals surface area contributed by atoms with Gasteiger partial charge < -0.3 is 5.32 Å². The number of anilines is 1. The summed E-state index contributed by atoms with van der Waals surface area (Å²) in [5.74, 6) is 4.25. The first kappa shape index (κ1) is 14.8. The zero-order chi connectivity index (χ0) is 16.8. The number of rotatable bonds is 4. The number of hydrogen-bond donors (Lipinski definition) is 1. The Labute approximate surface area is 146 Å². The van der Waals surface area contributed by atoms with Crippen LogP contribution >= 0.6 is 0 Å². The maximum Gasteiger partial charge on any atom is 0.170 e. The summed E-state index contributed by atoms with van der Waals surface area (Å²) in [4.78, 5) is 13.3. The van der Waals surface area contributed by atoms with Gasteiger partial charge in [-0.1, -0.05) is 12.5 Å². The van der Waals surface area contributed by atoms with Gasteiger partial charge in [-0.25, -0.2) is 15.0 Å². The van der Waals surface area contributed by atoms with Gasteiger partial charge in [-0.3, -0.25) is 0 Å². The van der Waals surface area contributed by atoms with Crippen LogP contribution < -0.4 is 5.32 Å². The number of hydrogen-bond acceptors (Lipinski definition) is 5. The molecule has 1 N–H and O–H groups in total. The molecule has 0 aliphatic heterocycles. The maximum atomic E-state index is 4.49. The average molecular weight is 334 g/mol. The highest BCUT2D eigenvalue weighted by Gasteiger charge is 2.41. The van der Waals surface area contributed by atoms with Crippen molar-refractivity contribution in [2.75, 3.05) is 5.32 Å². The molecule has 3 heterocycles. The van der Waals surface area contributed by atoms with Crippen LogP contribution in [0.25, 0.3) is 16.9 Å². The molecule has 4 atom stereocenters. The third-order valence-electron chi connectivity index (χ3n) is 6.03. The standard InChI is InChI=1S/C19H22N6/c1-12(15-9-13-5-6-14(15)8-13)24-18-16-10-23-25(19(16)22-11-21-18)17-4-2-3-7-20-17/h2-4,7,10-15H,5-6,8-9H2,1H3,(H,21,22,24)/t12-,13-,14-,15-/m0/s1. The molecule has 25 heavy (non-hydrogen) atoms. The largest absolute Gasteiger partial charge is 0.367 e. The van der Waals surface area contributed by atoms with Crippen molar-refractivity contribution in [1.82, 2.24) is 24.7 Å². The molecule has 0 aromatic carbocycles. The van der Waals surface area contributed by atoms with E-state index in [0.29, 0.717) is 6.04 Å². The summed E-state index contributed by atoms with van der Waals surface area (Å²) in [5, 5.41) is 9.08. The lowest BCUT2D eigenvalue weighted by atomic mass is 9.84. The topological polar surface area (TPSA) is 68.5 Å². The minimum atomic E-state index is 0.423. The lowest BCUT2D eigenvalue weighted by Crippen LogP contribution is -2.30. The molecular weight excluding hydrogens is 312 g/mol. The minimum absolute atomic E-state index is 0.423. The van der Waals surface area contributed by atoms with Crippen LogP contribution in [0.4, 0.5) is 5.82 Å². The summed E-state index contributed by atoms with van der Waals surface area (Å²) in [6, 6.07) is 6.20. The van der Waals surface area contributed by atoms with E-state index in [1.807, 2.05) is 24.4 Å². The lowest BCUT2D eigenvalue weighted by molar-refractivity contribution is 0.304. The Balaban J connectivity index is 1.45. The Hall–Kier alpha value is -2.50. The lowest BCUT2D eigenvalue weighted by Gasteiger charge is -2.29. The van der Waals surface area contributed by atoms with E-state index < -0.39 is 0 Å². The third kappa shape index (κ3) is 2.47. The number of aromatic nitrogens is 5. The molecule has 5 rings (SSSR count). The van der Waals surface area contributed by atoms with Gasteiger partial charge in [0.15, 0.2) is 11.5 Å². The van der Waals surface area contributed by atoms with Crippen LogP contribution in [-0.2, 0) is 0 Å². The van der Waals surface area contributed by atoms with Crippen molar-refractivity contribution in [3.8, 4) is 5.82 Å². The van der Waals surface area contributed by atoms with Crippen LogP contribution in [0.3, 0.4) is 0 Å². The molecule has 0 spiro atoms. The Bertz CT molecular complexity index is 889. The van der Waals surface area contributed by atoms with Crippen LogP contribution in [0.15, 0.2) is 36.9 Å². The first-order chi connectivity index (χ1) is 12.3. The average Bonchev–Trinajstić information content (AvgIpc) is 3.38. The molecule has 128 valence electrons. The van der Waals surface area contributed by atoms with Gasteiger partial charge in [0.2, 0.25) is 0 Å². The molecule has 0 amide bonds. The molecule has 3 aromatic heterocycles. The summed E-state index contributed by atoms with van der Waals surface area (Å²) < 4.78 is 1.77. The van der Waals surface area contributed by atoms with Gasteiger partial charge in [-0.2, -0.15) is 9.78 Å². The summed E-state index contributed by atoms with van der Waals surface area (Å²) >= 11 is 0. The summed E-state index contributed by atoms with van der Waals surface area (Å²) in [7, 11) is 0. The van der Waals surface area contributed by atoms with E-state index in [-0.39, 0.29) is 0 Å². The van der Waals surface area contributed by atoms with Crippen molar-refractivity contribution in [3.05, 3.63) is 36.9 Å². The van der Waals surface area contributed by atoms with E-state index in [9.17, 15) is 0 Å². The molecule has 2 bridgehead atoms.